The molecule has 14 heavy (non-hydrogen) atoms. The summed E-state index contributed by atoms with van der Waals surface area (Å²) in [6.45, 7) is 2.63. The van der Waals surface area contributed by atoms with E-state index in [2.05, 4.69) is 15.3 Å². The Bertz CT molecular complexity index is 422. The fraction of sp³-hybridized carbons (Fsp3) is 0.375. The zero-order valence-corrected chi connectivity index (χ0v) is 9.22. The topological polar surface area (TPSA) is 43.6 Å². The third-order valence-corrected chi connectivity index (χ3v) is 3.01. The Balaban J connectivity index is 2.18. The van der Waals surface area contributed by atoms with Gasteiger partial charge in [0, 0.05) is 11.1 Å². The van der Waals surface area contributed by atoms with Crippen LogP contribution in [0.1, 0.15) is 16.4 Å². The van der Waals surface area contributed by atoms with Gasteiger partial charge in [0.1, 0.15) is 5.01 Å². The molecule has 6 heteroatoms. The number of aryl methyl sites for hydroxylation is 1. The van der Waals surface area contributed by atoms with E-state index in [9.17, 15) is 0 Å². The van der Waals surface area contributed by atoms with E-state index < -0.39 is 0 Å². The van der Waals surface area contributed by atoms with Gasteiger partial charge in [0.05, 0.1) is 24.3 Å². The van der Waals surface area contributed by atoms with E-state index in [0.29, 0.717) is 12.4 Å². The third kappa shape index (κ3) is 1.93. The standard InChI is InChI=1S/C8H9ClN4S/c1-6-5-14-8(11-6)4-13-7(2-9)3-10-12-13/h3,5H,2,4H2,1H3. The molecule has 0 aliphatic rings. The van der Waals surface area contributed by atoms with Crippen LogP contribution in [-0.2, 0) is 12.4 Å². The largest absolute Gasteiger partial charge is 0.245 e. The maximum absolute atomic E-state index is 5.73. The Morgan fingerprint density at radius 1 is 1.57 bits per heavy atom. The van der Waals surface area contributed by atoms with Crippen molar-refractivity contribution in [1.29, 1.82) is 0 Å². The SMILES string of the molecule is Cc1csc(Cn2nncc2CCl)n1. The molecule has 2 aromatic rings. The third-order valence-electron chi connectivity index (χ3n) is 1.79. The van der Waals surface area contributed by atoms with Gasteiger partial charge in [-0.1, -0.05) is 5.21 Å². The highest BCUT2D eigenvalue weighted by atomic mass is 35.5. The number of thiazole rings is 1. The van der Waals surface area contributed by atoms with Gasteiger partial charge in [-0.25, -0.2) is 9.67 Å². The van der Waals surface area contributed by atoms with E-state index in [4.69, 9.17) is 11.6 Å². The summed E-state index contributed by atoms with van der Waals surface area (Å²) in [5.74, 6) is 0.428. The molecule has 0 saturated carbocycles. The molecule has 0 bridgehead atoms. The lowest BCUT2D eigenvalue weighted by molar-refractivity contribution is 0.627. The Hall–Kier alpha value is -0.940. The molecule has 0 unspecified atom stereocenters. The summed E-state index contributed by atoms with van der Waals surface area (Å²) in [5, 5.41) is 10.8. The second kappa shape index (κ2) is 4.06. The van der Waals surface area contributed by atoms with Gasteiger partial charge >= 0.3 is 0 Å². The van der Waals surface area contributed by atoms with E-state index >= 15 is 0 Å². The van der Waals surface area contributed by atoms with Crippen molar-refractivity contribution in [2.45, 2.75) is 19.3 Å². The van der Waals surface area contributed by atoms with Crippen LogP contribution in [0.15, 0.2) is 11.6 Å². The van der Waals surface area contributed by atoms with Crippen LogP contribution >= 0.6 is 22.9 Å². The fourth-order valence-electron chi connectivity index (χ4n) is 1.12. The van der Waals surface area contributed by atoms with Crippen LogP contribution in [0, 0.1) is 6.92 Å². The second-order valence-electron chi connectivity index (χ2n) is 2.90. The van der Waals surface area contributed by atoms with Crippen molar-refractivity contribution in [2.75, 3.05) is 0 Å². The summed E-state index contributed by atoms with van der Waals surface area (Å²) in [6.07, 6.45) is 1.67. The predicted molar refractivity (Wildman–Crippen MR) is 55.5 cm³/mol. The zero-order chi connectivity index (χ0) is 9.97. The minimum Gasteiger partial charge on any atom is -0.245 e. The number of hydrogen-bond donors (Lipinski definition) is 0. The van der Waals surface area contributed by atoms with Gasteiger partial charge in [-0.15, -0.1) is 28.0 Å². The molecule has 0 fully saturated rings. The maximum Gasteiger partial charge on any atom is 0.114 e. The molecule has 0 spiro atoms. The van der Waals surface area contributed by atoms with Gasteiger partial charge in [0.15, 0.2) is 0 Å². The van der Waals surface area contributed by atoms with Gasteiger partial charge in [-0.2, -0.15) is 0 Å². The minimum atomic E-state index is 0.428. The van der Waals surface area contributed by atoms with Crippen molar-refractivity contribution in [3.05, 3.63) is 28.0 Å². The smallest absolute Gasteiger partial charge is 0.114 e. The van der Waals surface area contributed by atoms with Crippen LogP contribution in [-0.4, -0.2) is 20.0 Å². The van der Waals surface area contributed by atoms with Gasteiger partial charge in [0.25, 0.3) is 0 Å². The van der Waals surface area contributed by atoms with Crippen molar-refractivity contribution >= 4 is 22.9 Å². The Kier molecular flexibility index (Phi) is 2.79. The number of aromatic nitrogens is 4. The molecule has 2 aromatic heterocycles. The Morgan fingerprint density at radius 3 is 3.07 bits per heavy atom. The monoisotopic (exact) mass is 228 g/mol. The first-order chi connectivity index (χ1) is 6.79. The van der Waals surface area contributed by atoms with Crippen LogP contribution in [0.4, 0.5) is 0 Å². The summed E-state index contributed by atoms with van der Waals surface area (Å²) < 4.78 is 1.77. The number of rotatable bonds is 3. The van der Waals surface area contributed by atoms with Crippen molar-refractivity contribution < 1.29 is 0 Å². The van der Waals surface area contributed by atoms with E-state index in [1.165, 1.54) is 0 Å². The number of nitrogens with zero attached hydrogens (tertiary/aromatic N) is 4. The molecule has 0 N–H and O–H groups in total. The van der Waals surface area contributed by atoms with E-state index in [0.717, 1.165) is 16.4 Å². The van der Waals surface area contributed by atoms with E-state index in [1.807, 2.05) is 12.3 Å². The molecule has 0 saturated heterocycles. The van der Waals surface area contributed by atoms with E-state index in [1.54, 1.807) is 22.2 Å². The molecule has 2 heterocycles. The molecule has 0 radical (unpaired) electrons. The van der Waals surface area contributed by atoms with Crippen LogP contribution in [0.25, 0.3) is 0 Å². The van der Waals surface area contributed by atoms with Crippen LogP contribution in [0.3, 0.4) is 0 Å². The zero-order valence-electron chi connectivity index (χ0n) is 7.64. The van der Waals surface area contributed by atoms with Crippen molar-refractivity contribution in [1.82, 2.24) is 20.0 Å². The summed E-state index contributed by atoms with van der Waals surface area (Å²) >= 11 is 7.35. The first kappa shape index (κ1) is 9.61. The van der Waals surface area contributed by atoms with Crippen LogP contribution in [0.2, 0.25) is 0 Å². The molecule has 74 valence electrons. The predicted octanol–water partition coefficient (Wildman–Crippen LogP) is 1.83. The highest BCUT2D eigenvalue weighted by Gasteiger charge is 2.05. The quantitative estimate of drug-likeness (QED) is 0.753. The van der Waals surface area contributed by atoms with Crippen molar-refractivity contribution in [3.8, 4) is 0 Å². The van der Waals surface area contributed by atoms with Gasteiger partial charge in [0.2, 0.25) is 0 Å². The lowest BCUT2D eigenvalue weighted by Gasteiger charge is -1.99. The Morgan fingerprint density at radius 2 is 2.43 bits per heavy atom. The minimum absolute atomic E-state index is 0.428. The molecule has 0 aliphatic carbocycles. The molecule has 0 aromatic carbocycles. The normalized spacial score (nSPS) is 10.7. The average molecular weight is 229 g/mol. The molecule has 0 amide bonds. The molecule has 0 aliphatic heterocycles. The number of hydrogen-bond acceptors (Lipinski definition) is 4. The highest BCUT2D eigenvalue weighted by Crippen LogP contribution is 2.11. The molecule has 0 atom stereocenters. The van der Waals surface area contributed by atoms with Crippen molar-refractivity contribution in [2.24, 2.45) is 0 Å². The van der Waals surface area contributed by atoms with Gasteiger partial charge in [-0.05, 0) is 6.92 Å². The van der Waals surface area contributed by atoms with Gasteiger partial charge < -0.3 is 0 Å². The van der Waals surface area contributed by atoms with E-state index in [-0.39, 0.29) is 0 Å². The molecular formula is C8H9ClN4S. The highest BCUT2D eigenvalue weighted by molar-refractivity contribution is 7.09. The number of alkyl halides is 1. The lowest BCUT2D eigenvalue weighted by Crippen LogP contribution is -2.05. The summed E-state index contributed by atoms with van der Waals surface area (Å²) in [5.41, 5.74) is 1.96. The molecular weight excluding hydrogens is 220 g/mol. The molecule has 2 rings (SSSR count). The first-order valence-electron chi connectivity index (χ1n) is 4.14. The lowest BCUT2D eigenvalue weighted by atomic mass is 10.5. The second-order valence-corrected chi connectivity index (χ2v) is 4.11. The average Bonchev–Trinajstić information content (AvgIpc) is 2.76. The summed E-state index contributed by atoms with van der Waals surface area (Å²) in [7, 11) is 0. The fourth-order valence-corrected chi connectivity index (χ4v) is 2.08. The van der Waals surface area contributed by atoms with Gasteiger partial charge in [-0.3, -0.25) is 0 Å². The maximum atomic E-state index is 5.73. The number of halogens is 1. The summed E-state index contributed by atoms with van der Waals surface area (Å²) in [6, 6.07) is 0. The van der Waals surface area contributed by atoms with Crippen LogP contribution in [0.5, 0.6) is 0 Å². The summed E-state index contributed by atoms with van der Waals surface area (Å²) in [4.78, 5) is 4.35. The first-order valence-corrected chi connectivity index (χ1v) is 5.55. The van der Waals surface area contributed by atoms with Crippen LogP contribution < -0.4 is 0 Å². The van der Waals surface area contributed by atoms with Crippen molar-refractivity contribution in [3.63, 3.8) is 0 Å². The molecule has 4 nitrogen and oxygen atoms in total. The Labute approximate surface area is 90.5 Å².